The number of halogens is 3. The zero-order valence-corrected chi connectivity index (χ0v) is 17.3. The fourth-order valence-corrected chi connectivity index (χ4v) is 2.86. The predicted molar refractivity (Wildman–Crippen MR) is 109 cm³/mol. The lowest BCUT2D eigenvalue weighted by molar-refractivity contribution is -0.123. The summed E-state index contributed by atoms with van der Waals surface area (Å²) < 4.78 is 0. The molecule has 0 heterocycles. The number of carbonyl (C=O) groups is 2. The van der Waals surface area contributed by atoms with Crippen LogP contribution in [0, 0.1) is 5.92 Å². The maximum absolute atomic E-state index is 12.4. The minimum atomic E-state index is -0.623. The first-order valence-corrected chi connectivity index (χ1v) is 9.76. The second-order valence-electron chi connectivity index (χ2n) is 5.52. The van der Waals surface area contributed by atoms with Gasteiger partial charge in [0.2, 0.25) is 5.91 Å². The van der Waals surface area contributed by atoms with Crippen LogP contribution in [0.1, 0.15) is 23.7 Å². The Balaban J connectivity index is 0.00000576. The van der Waals surface area contributed by atoms with Gasteiger partial charge in [-0.25, -0.2) is 0 Å². The van der Waals surface area contributed by atoms with E-state index in [-0.39, 0.29) is 29.3 Å². The van der Waals surface area contributed by atoms with Gasteiger partial charge in [0.1, 0.15) is 6.04 Å². The Labute approximate surface area is 169 Å². The lowest BCUT2D eigenvalue weighted by atomic mass is 10.1. The average molecular weight is 429 g/mol. The van der Waals surface area contributed by atoms with E-state index in [0.717, 1.165) is 5.75 Å². The highest BCUT2D eigenvalue weighted by molar-refractivity contribution is 7.98. The molecule has 0 bridgehead atoms. The summed E-state index contributed by atoms with van der Waals surface area (Å²) >= 11 is 13.5. The molecule has 0 radical (unpaired) electrons. The Morgan fingerprint density at radius 2 is 2.00 bits per heavy atom. The Morgan fingerprint density at radius 1 is 1.32 bits per heavy atom. The van der Waals surface area contributed by atoms with Gasteiger partial charge in [0, 0.05) is 11.6 Å². The van der Waals surface area contributed by atoms with Gasteiger partial charge in [0.15, 0.2) is 0 Å². The van der Waals surface area contributed by atoms with Gasteiger partial charge in [0.05, 0.1) is 10.6 Å². The fourth-order valence-electron chi connectivity index (χ4n) is 1.90. The molecule has 1 rings (SSSR count). The van der Waals surface area contributed by atoms with Crippen molar-refractivity contribution in [1.29, 1.82) is 0 Å². The molecule has 1 aromatic rings. The third-order valence-electron chi connectivity index (χ3n) is 3.44. The van der Waals surface area contributed by atoms with Crippen LogP contribution in [0.15, 0.2) is 18.2 Å². The normalized spacial score (nSPS) is 12.7. The highest BCUT2D eigenvalue weighted by Gasteiger charge is 2.22. The summed E-state index contributed by atoms with van der Waals surface area (Å²) in [6.45, 7) is 2.91. The quantitative estimate of drug-likeness (QED) is 0.564. The van der Waals surface area contributed by atoms with Gasteiger partial charge in [-0.1, -0.05) is 30.1 Å². The zero-order chi connectivity index (χ0) is 18.1. The van der Waals surface area contributed by atoms with Crippen LogP contribution in [-0.4, -0.2) is 43.0 Å². The number of carbonyl (C=O) groups excluding carboxylic acids is 2. The molecular formula is C16H24Cl3N3O2S. The van der Waals surface area contributed by atoms with Crippen molar-refractivity contribution in [3.05, 3.63) is 33.8 Å². The zero-order valence-electron chi connectivity index (χ0n) is 14.2. The maximum Gasteiger partial charge on any atom is 0.253 e. The summed E-state index contributed by atoms with van der Waals surface area (Å²) in [6, 6.07) is 4.00. The largest absolute Gasteiger partial charge is 0.354 e. The van der Waals surface area contributed by atoms with E-state index in [0.29, 0.717) is 30.1 Å². The SMILES string of the molecule is CSCCC(NC(=O)c1ccc(Cl)cc1Cl)C(=O)NCC(C)CN.Cl. The van der Waals surface area contributed by atoms with E-state index in [1.807, 2.05) is 13.2 Å². The number of benzene rings is 1. The van der Waals surface area contributed by atoms with Crippen LogP contribution in [0.5, 0.6) is 0 Å². The molecule has 0 saturated heterocycles. The van der Waals surface area contributed by atoms with Crippen molar-refractivity contribution < 1.29 is 9.59 Å². The van der Waals surface area contributed by atoms with Crippen molar-refractivity contribution >= 4 is 59.2 Å². The summed E-state index contributed by atoms with van der Waals surface area (Å²) in [5.74, 6) is 0.309. The molecule has 0 aliphatic carbocycles. The molecule has 0 aromatic heterocycles. The van der Waals surface area contributed by atoms with Crippen molar-refractivity contribution in [2.45, 2.75) is 19.4 Å². The number of amides is 2. The number of rotatable bonds is 9. The van der Waals surface area contributed by atoms with E-state index in [9.17, 15) is 9.59 Å². The monoisotopic (exact) mass is 427 g/mol. The Morgan fingerprint density at radius 3 is 2.56 bits per heavy atom. The molecule has 142 valence electrons. The van der Waals surface area contributed by atoms with Gasteiger partial charge in [0.25, 0.3) is 5.91 Å². The fraction of sp³-hybridized carbons (Fsp3) is 0.500. The molecule has 0 fully saturated rings. The van der Waals surface area contributed by atoms with Gasteiger partial charge in [-0.05, 0) is 49.1 Å². The molecule has 1 aromatic carbocycles. The van der Waals surface area contributed by atoms with Crippen LogP contribution < -0.4 is 16.4 Å². The molecule has 5 nitrogen and oxygen atoms in total. The maximum atomic E-state index is 12.4. The van der Waals surface area contributed by atoms with Gasteiger partial charge in [-0.2, -0.15) is 11.8 Å². The van der Waals surface area contributed by atoms with Gasteiger partial charge >= 0.3 is 0 Å². The van der Waals surface area contributed by atoms with Gasteiger partial charge < -0.3 is 16.4 Å². The van der Waals surface area contributed by atoms with Crippen molar-refractivity contribution in [2.75, 3.05) is 25.1 Å². The summed E-state index contributed by atoms with van der Waals surface area (Å²) in [4.78, 5) is 24.7. The number of nitrogens with one attached hydrogen (secondary N) is 2. The first-order valence-electron chi connectivity index (χ1n) is 7.61. The van der Waals surface area contributed by atoms with Crippen molar-refractivity contribution in [1.82, 2.24) is 10.6 Å². The Bertz CT molecular complexity index is 576. The molecule has 2 amide bonds. The van der Waals surface area contributed by atoms with Crippen LogP contribution >= 0.6 is 47.4 Å². The molecule has 2 unspecified atom stereocenters. The van der Waals surface area contributed by atoms with E-state index >= 15 is 0 Å². The van der Waals surface area contributed by atoms with E-state index < -0.39 is 11.9 Å². The first kappa shape index (κ1) is 24.3. The van der Waals surface area contributed by atoms with Crippen molar-refractivity contribution in [3.8, 4) is 0 Å². The Hall–Kier alpha value is -0.660. The number of nitrogens with two attached hydrogens (primary N) is 1. The average Bonchev–Trinajstić information content (AvgIpc) is 2.55. The molecule has 0 saturated carbocycles. The van der Waals surface area contributed by atoms with Crippen LogP contribution in [0.4, 0.5) is 0 Å². The molecule has 0 spiro atoms. The van der Waals surface area contributed by atoms with E-state index in [1.54, 1.807) is 23.9 Å². The van der Waals surface area contributed by atoms with E-state index in [1.165, 1.54) is 6.07 Å². The highest BCUT2D eigenvalue weighted by Crippen LogP contribution is 2.21. The number of hydrogen-bond donors (Lipinski definition) is 3. The summed E-state index contributed by atoms with van der Waals surface area (Å²) in [5, 5.41) is 6.27. The van der Waals surface area contributed by atoms with Gasteiger partial charge in [-0.15, -0.1) is 12.4 Å². The highest BCUT2D eigenvalue weighted by atomic mass is 35.5. The predicted octanol–water partition coefficient (Wildman–Crippen LogP) is 2.98. The summed E-state index contributed by atoms with van der Waals surface area (Å²) in [6.07, 6.45) is 2.48. The standard InChI is InChI=1S/C16H23Cl2N3O2S.ClH/c1-10(8-19)9-20-16(23)14(5-6-24-2)21-15(22)12-4-3-11(17)7-13(12)18;/h3-4,7,10,14H,5-6,8-9,19H2,1-2H3,(H,20,23)(H,21,22);1H. The van der Waals surface area contributed by atoms with Crippen LogP contribution in [0.3, 0.4) is 0 Å². The molecule has 4 N–H and O–H groups in total. The third kappa shape index (κ3) is 8.51. The Kier molecular flexibility index (Phi) is 12.3. The lowest BCUT2D eigenvalue weighted by Crippen LogP contribution is -2.48. The lowest BCUT2D eigenvalue weighted by Gasteiger charge is -2.19. The molecular weight excluding hydrogens is 405 g/mol. The smallest absolute Gasteiger partial charge is 0.253 e. The minimum absolute atomic E-state index is 0. The number of thioether (sulfide) groups is 1. The van der Waals surface area contributed by atoms with Gasteiger partial charge in [-0.3, -0.25) is 9.59 Å². The van der Waals surface area contributed by atoms with Crippen LogP contribution in [0.2, 0.25) is 10.0 Å². The number of hydrogen-bond acceptors (Lipinski definition) is 4. The van der Waals surface area contributed by atoms with Crippen molar-refractivity contribution in [2.24, 2.45) is 11.7 Å². The first-order chi connectivity index (χ1) is 11.4. The van der Waals surface area contributed by atoms with Crippen molar-refractivity contribution in [3.63, 3.8) is 0 Å². The van der Waals surface area contributed by atoms with Crippen LogP contribution in [0.25, 0.3) is 0 Å². The minimum Gasteiger partial charge on any atom is -0.354 e. The topological polar surface area (TPSA) is 84.2 Å². The second kappa shape index (κ2) is 12.7. The molecule has 0 aliphatic rings. The molecule has 2 atom stereocenters. The molecule has 25 heavy (non-hydrogen) atoms. The van der Waals surface area contributed by atoms with E-state index in [4.69, 9.17) is 28.9 Å². The third-order valence-corrected chi connectivity index (χ3v) is 4.63. The molecule has 0 aliphatic heterocycles. The summed E-state index contributed by atoms with van der Waals surface area (Å²) in [7, 11) is 0. The molecule has 9 heteroatoms. The van der Waals surface area contributed by atoms with E-state index in [2.05, 4.69) is 10.6 Å². The summed E-state index contributed by atoms with van der Waals surface area (Å²) in [5.41, 5.74) is 5.84. The second-order valence-corrected chi connectivity index (χ2v) is 7.35. The van der Waals surface area contributed by atoms with Crippen LogP contribution in [-0.2, 0) is 4.79 Å².